The lowest BCUT2D eigenvalue weighted by Gasteiger charge is -2.05. The van der Waals surface area contributed by atoms with Crippen LogP contribution in [0.4, 0.5) is 4.39 Å². The molecule has 0 aliphatic rings. The van der Waals surface area contributed by atoms with Gasteiger partial charge in [-0.1, -0.05) is 0 Å². The Balaban J connectivity index is 2.28. The molecule has 0 radical (unpaired) electrons. The van der Waals surface area contributed by atoms with Crippen molar-refractivity contribution in [2.45, 2.75) is 6.92 Å². The van der Waals surface area contributed by atoms with Gasteiger partial charge >= 0.3 is 0 Å². The summed E-state index contributed by atoms with van der Waals surface area (Å²) in [7, 11) is 0. The Labute approximate surface area is 97.3 Å². The smallest absolute Gasteiger partial charge is 0.222 e. The summed E-state index contributed by atoms with van der Waals surface area (Å²) < 4.78 is 18.8. The summed E-state index contributed by atoms with van der Waals surface area (Å²) >= 11 is 0. The fourth-order valence-electron chi connectivity index (χ4n) is 1.25. The lowest BCUT2D eigenvalue weighted by atomic mass is 10.2. The van der Waals surface area contributed by atoms with Crippen LogP contribution in [0, 0.1) is 24.1 Å². The molecule has 0 fully saturated rings. The third-order valence-electron chi connectivity index (χ3n) is 2.05. The Bertz CT molecular complexity index is 593. The first-order valence-corrected chi connectivity index (χ1v) is 4.85. The van der Waals surface area contributed by atoms with Crippen LogP contribution in [0.15, 0.2) is 30.6 Å². The van der Waals surface area contributed by atoms with E-state index in [2.05, 4.69) is 9.97 Å². The molecule has 84 valence electrons. The van der Waals surface area contributed by atoms with Crippen LogP contribution in [0.5, 0.6) is 11.6 Å². The van der Waals surface area contributed by atoms with Crippen LogP contribution in [0.2, 0.25) is 0 Å². The van der Waals surface area contributed by atoms with Crippen molar-refractivity contribution in [3.63, 3.8) is 0 Å². The van der Waals surface area contributed by atoms with Crippen molar-refractivity contribution in [3.8, 4) is 17.7 Å². The second-order valence-corrected chi connectivity index (χ2v) is 3.36. The molecule has 1 heterocycles. The number of hydrogen-bond acceptors (Lipinski definition) is 4. The summed E-state index contributed by atoms with van der Waals surface area (Å²) in [6.07, 6.45) is 1.34. The highest BCUT2D eigenvalue weighted by Crippen LogP contribution is 2.23. The first-order chi connectivity index (χ1) is 8.19. The zero-order valence-electron chi connectivity index (χ0n) is 9.01. The van der Waals surface area contributed by atoms with Gasteiger partial charge in [-0.05, 0) is 25.1 Å². The van der Waals surface area contributed by atoms with Crippen LogP contribution in [-0.2, 0) is 0 Å². The average Bonchev–Trinajstić information content (AvgIpc) is 2.32. The van der Waals surface area contributed by atoms with Crippen LogP contribution in [0.1, 0.15) is 11.3 Å². The van der Waals surface area contributed by atoms with Crippen LogP contribution in [-0.4, -0.2) is 9.97 Å². The molecule has 1 aromatic heterocycles. The Morgan fingerprint density at radius 3 is 2.76 bits per heavy atom. The van der Waals surface area contributed by atoms with Crippen molar-refractivity contribution in [2.24, 2.45) is 0 Å². The monoisotopic (exact) mass is 229 g/mol. The highest BCUT2D eigenvalue weighted by molar-refractivity contribution is 5.37. The summed E-state index contributed by atoms with van der Waals surface area (Å²) in [5.41, 5.74) is 0.970. The number of hydrogen-bond donors (Lipinski definition) is 0. The molecule has 0 saturated carbocycles. The highest BCUT2D eigenvalue weighted by atomic mass is 19.1. The zero-order valence-corrected chi connectivity index (χ0v) is 9.01. The molecule has 5 heteroatoms. The number of benzene rings is 1. The number of aromatic nitrogens is 2. The number of nitrogens with zero attached hydrogens (tertiary/aromatic N) is 3. The maximum absolute atomic E-state index is 13.5. The molecular formula is C12H8FN3O. The van der Waals surface area contributed by atoms with Crippen LogP contribution in [0.25, 0.3) is 0 Å². The van der Waals surface area contributed by atoms with Gasteiger partial charge in [0.2, 0.25) is 5.88 Å². The first-order valence-electron chi connectivity index (χ1n) is 4.85. The molecular weight excluding hydrogens is 221 g/mol. The summed E-state index contributed by atoms with van der Waals surface area (Å²) in [6, 6.07) is 7.43. The van der Waals surface area contributed by atoms with Crippen molar-refractivity contribution < 1.29 is 9.13 Å². The minimum absolute atomic E-state index is 0.0297. The minimum atomic E-state index is -0.597. The molecule has 2 rings (SSSR count). The fraction of sp³-hybridized carbons (Fsp3) is 0.0833. The predicted molar refractivity (Wildman–Crippen MR) is 58.0 cm³/mol. The van der Waals surface area contributed by atoms with E-state index in [1.807, 2.05) is 6.07 Å². The van der Waals surface area contributed by atoms with Crippen molar-refractivity contribution in [3.05, 3.63) is 47.7 Å². The van der Waals surface area contributed by atoms with Crippen LogP contribution in [0.3, 0.4) is 0 Å². The van der Waals surface area contributed by atoms with Gasteiger partial charge in [0.25, 0.3) is 0 Å². The second-order valence-electron chi connectivity index (χ2n) is 3.36. The minimum Gasteiger partial charge on any atom is -0.436 e. The summed E-state index contributed by atoms with van der Waals surface area (Å²) in [6.45, 7) is 1.78. The summed E-state index contributed by atoms with van der Waals surface area (Å²) in [4.78, 5) is 7.76. The van der Waals surface area contributed by atoms with E-state index in [1.165, 1.54) is 18.5 Å². The van der Waals surface area contributed by atoms with E-state index < -0.39 is 5.82 Å². The third kappa shape index (κ3) is 2.55. The van der Waals surface area contributed by atoms with Gasteiger partial charge in [0, 0.05) is 11.8 Å². The maximum atomic E-state index is 13.5. The molecule has 0 aliphatic heterocycles. The SMILES string of the molecule is Cc1cc(Oc2ccc(C#N)cc2F)ncn1. The van der Waals surface area contributed by atoms with Gasteiger partial charge in [0.05, 0.1) is 11.6 Å². The van der Waals surface area contributed by atoms with Crippen molar-refractivity contribution in [1.82, 2.24) is 9.97 Å². The fourth-order valence-corrected chi connectivity index (χ4v) is 1.25. The molecule has 0 spiro atoms. The van der Waals surface area contributed by atoms with E-state index in [0.717, 1.165) is 11.8 Å². The van der Waals surface area contributed by atoms with Crippen LogP contribution >= 0.6 is 0 Å². The quantitative estimate of drug-likeness (QED) is 0.794. The molecule has 0 amide bonds. The molecule has 17 heavy (non-hydrogen) atoms. The van der Waals surface area contributed by atoms with E-state index in [9.17, 15) is 4.39 Å². The van der Waals surface area contributed by atoms with Crippen molar-refractivity contribution >= 4 is 0 Å². The maximum Gasteiger partial charge on any atom is 0.222 e. The van der Waals surface area contributed by atoms with Gasteiger partial charge in [-0.2, -0.15) is 5.26 Å². The van der Waals surface area contributed by atoms with E-state index in [4.69, 9.17) is 10.00 Å². The predicted octanol–water partition coefficient (Wildman–Crippen LogP) is 2.59. The van der Waals surface area contributed by atoms with Gasteiger partial charge in [-0.25, -0.2) is 14.4 Å². The zero-order chi connectivity index (χ0) is 12.3. The molecule has 4 nitrogen and oxygen atoms in total. The molecule has 0 N–H and O–H groups in total. The Hall–Kier alpha value is -2.48. The van der Waals surface area contributed by atoms with E-state index in [-0.39, 0.29) is 17.2 Å². The van der Waals surface area contributed by atoms with E-state index >= 15 is 0 Å². The number of rotatable bonds is 2. The average molecular weight is 229 g/mol. The second kappa shape index (κ2) is 4.58. The molecule has 0 bridgehead atoms. The van der Waals surface area contributed by atoms with Crippen LogP contribution < -0.4 is 4.74 Å². The summed E-state index contributed by atoms with van der Waals surface area (Å²) in [5.74, 6) is -0.302. The van der Waals surface area contributed by atoms with E-state index in [0.29, 0.717) is 0 Å². The highest BCUT2D eigenvalue weighted by Gasteiger charge is 2.06. The number of halogens is 1. The lowest BCUT2D eigenvalue weighted by molar-refractivity contribution is 0.426. The largest absolute Gasteiger partial charge is 0.436 e. The normalized spacial score (nSPS) is 9.71. The summed E-state index contributed by atoms with van der Waals surface area (Å²) in [5, 5.41) is 8.60. The molecule has 0 saturated heterocycles. The molecule has 0 unspecified atom stereocenters. The van der Waals surface area contributed by atoms with Crippen molar-refractivity contribution in [2.75, 3.05) is 0 Å². The lowest BCUT2D eigenvalue weighted by Crippen LogP contribution is -1.93. The topological polar surface area (TPSA) is 58.8 Å². The Kier molecular flexibility index (Phi) is 2.97. The van der Waals surface area contributed by atoms with Gasteiger partial charge in [-0.3, -0.25) is 0 Å². The number of ether oxygens (including phenoxy) is 1. The molecule has 1 aromatic carbocycles. The Morgan fingerprint density at radius 2 is 2.12 bits per heavy atom. The number of nitriles is 1. The third-order valence-corrected chi connectivity index (χ3v) is 2.05. The number of aryl methyl sites for hydroxylation is 1. The molecule has 0 aliphatic carbocycles. The van der Waals surface area contributed by atoms with Gasteiger partial charge < -0.3 is 4.74 Å². The van der Waals surface area contributed by atoms with E-state index in [1.54, 1.807) is 13.0 Å². The Morgan fingerprint density at radius 1 is 1.29 bits per heavy atom. The van der Waals surface area contributed by atoms with Gasteiger partial charge in [0.15, 0.2) is 11.6 Å². The standard InChI is InChI=1S/C12H8FN3O/c1-8-4-12(16-7-15-8)17-11-3-2-9(6-14)5-10(11)13/h2-5,7H,1H3. The van der Waals surface area contributed by atoms with Gasteiger partial charge in [-0.15, -0.1) is 0 Å². The van der Waals surface area contributed by atoms with Gasteiger partial charge in [0.1, 0.15) is 6.33 Å². The molecule has 2 aromatic rings. The molecule has 0 atom stereocenters. The van der Waals surface area contributed by atoms with Crippen molar-refractivity contribution in [1.29, 1.82) is 5.26 Å². The first kappa shape index (κ1) is 11.0.